The number of halogens is 2. The second-order valence-corrected chi connectivity index (χ2v) is 4.86. The maximum Gasteiger partial charge on any atom is 0.129 e. The van der Waals surface area contributed by atoms with Crippen LogP contribution in [0, 0.1) is 0 Å². The highest BCUT2D eigenvalue weighted by atomic mass is 35.5. The summed E-state index contributed by atoms with van der Waals surface area (Å²) < 4.78 is 4.96. The van der Waals surface area contributed by atoms with Crippen molar-refractivity contribution in [2.24, 2.45) is 0 Å². The van der Waals surface area contributed by atoms with Crippen LogP contribution < -0.4 is 0 Å². The fourth-order valence-electron chi connectivity index (χ4n) is 1.03. The highest BCUT2D eigenvalue weighted by Gasteiger charge is 2.02. The van der Waals surface area contributed by atoms with Crippen molar-refractivity contribution < 1.29 is 4.74 Å². The Labute approximate surface area is 104 Å². The van der Waals surface area contributed by atoms with Crippen molar-refractivity contribution in [2.75, 3.05) is 19.5 Å². The monoisotopic (exact) mass is 265 g/mol. The SMILES string of the molecule is COCCCSCc1nc(Cl)ccc1Cl. The highest BCUT2D eigenvalue weighted by Crippen LogP contribution is 2.21. The van der Waals surface area contributed by atoms with Crippen LogP contribution in [0.3, 0.4) is 0 Å². The van der Waals surface area contributed by atoms with Crippen molar-refractivity contribution in [3.8, 4) is 0 Å². The molecule has 0 aliphatic heterocycles. The maximum absolute atomic E-state index is 5.98. The number of methoxy groups -OCH3 is 1. The molecule has 1 rings (SSSR count). The molecular weight excluding hydrogens is 253 g/mol. The third-order valence-electron chi connectivity index (χ3n) is 1.76. The van der Waals surface area contributed by atoms with Crippen LogP contribution in [0.1, 0.15) is 12.1 Å². The summed E-state index contributed by atoms with van der Waals surface area (Å²) in [6.45, 7) is 0.795. The van der Waals surface area contributed by atoms with Crippen molar-refractivity contribution in [3.05, 3.63) is 28.0 Å². The van der Waals surface area contributed by atoms with E-state index in [9.17, 15) is 0 Å². The van der Waals surface area contributed by atoms with Gasteiger partial charge < -0.3 is 4.74 Å². The Morgan fingerprint density at radius 2 is 2.20 bits per heavy atom. The number of pyridine rings is 1. The molecule has 0 aliphatic rings. The zero-order chi connectivity index (χ0) is 11.1. The standard InChI is InChI=1S/C10H13Cl2NOS/c1-14-5-2-6-15-7-9-8(11)3-4-10(12)13-9/h3-4H,2,5-7H2,1H3. The molecule has 84 valence electrons. The molecule has 0 amide bonds. The van der Waals surface area contributed by atoms with Crippen molar-refractivity contribution in [1.29, 1.82) is 0 Å². The van der Waals surface area contributed by atoms with E-state index in [1.54, 1.807) is 31.0 Å². The first kappa shape index (κ1) is 13.1. The van der Waals surface area contributed by atoms with E-state index >= 15 is 0 Å². The minimum atomic E-state index is 0.492. The van der Waals surface area contributed by atoms with Gasteiger partial charge >= 0.3 is 0 Å². The molecule has 0 aromatic carbocycles. The quantitative estimate of drug-likeness (QED) is 0.579. The van der Waals surface area contributed by atoms with Crippen molar-refractivity contribution in [2.45, 2.75) is 12.2 Å². The van der Waals surface area contributed by atoms with Gasteiger partial charge in [-0.1, -0.05) is 23.2 Å². The molecule has 0 N–H and O–H groups in total. The molecule has 15 heavy (non-hydrogen) atoms. The Morgan fingerprint density at radius 1 is 1.40 bits per heavy atom. The van der Waals surface area contributed by atoms with Gasteiger partial charge in [0.15, 0.2) is 0 Å². The molecule has 1 aromatic heterocycles. The molecule has 1 heterocycles. The molecule has 0 saturated carbocycles. The Hall–Kier alpha value is 0.0400. The first-order chi connectivity index (χ1) is 7.24. The summed E-state index contributed by atoms with van der Waals surface area (Å²) in [7, 11) is 1.71. The predicted molar refractivity (Wildman–Crippen MR) is 66.9 cm³/mol. The van der Waals surface area contributed by atoms with E-state index in [0.29, 0.717) is 10.2 Å². The van der Waals surface area contributed by atoms with E-state index in [0.717, 1.165) is 30.2 Å². The molecule has 0 aliphatic carbocycles. The average Bonchev–Trinajstić information content (AvgIpc) is 2.23. The van der Waals surface area contributed by atoms with Gasteiger partial charge in [0.25, 0.3) is 0 Å². The van der Waals surface area contributed by atoms with Gasteiger partial charge in [0.05, 0.1) is 10.7 Å². The normalized spacial score (nSPS) is 10.6. The van der Waals surface area contributed by atoms with Crippen LogP contribution in [0.4, 0.5) is 0 Å². The second-order valence-electron chi connectivity index (χ2n) is 2.96. The Morgan fingerprint density at radius 3 is 2.93 bits per heavy atom. The van der Waals surface area contributed by atoms with E-state index in [2.05, 4.69) is 4.98 Å². The lowest BCUT2D eigenvalue weighted by Gasteiger charge is -2.03. The predicted octanol–water partition coefficient (Wildman–Crippen LogP) is 3.66. The van der Waals surface area contributed by atoms with E-state index in [1.807, 2.05) is 0 Å². The summed E-state index contributed by atoms with van der Waals surface area (Å²) in [5, 5.41) is 1.17. The van der Waals surface area contributed by atoms with Crippen molar-refractivity contribution >= 4 is 35.0 Å². The topological polar surface area (TPSA) is 22.1 Å². The number of thioether (sulfide) groups is 1. The fourth-order valence-corrected chi connectivity index (χ4v) is 2.33. The molecule has 0 unspecified atom stereocenters. The van der Waals surface area contributed by atoms with Crippen molar-refractivity contribution in [1.82, 2.24) is 4.98 Å². The zero-order valence-electron chi connectivity index (χ0n) is 8.50. The van der Waals surface area contributed by atoms with Crippen LogP contribution in [0.15, 0.2) is 12.1 Å². The molecular formula is C10H13Cl2NOS. The summed E-state index contributed by atoms with van der Waals surface area (Å²) >= 11 is 13.5. The van der Waals surface area contributed by atoms with Gasteiger partial charge in [-0.2, -0.15) is 11.8 Å². The van der Waals surface area contributed by atoms with Gasteiger partial charge in [-0.3, -0.25) is 0 Å². The Bertz CT molecular complexity index is 309. The third-order valence-corrected chi connectivity index (χ3v) is 3.37. The summed E-state index contributed by atoms with van der Waals surface area (Å²) in [6, 6.07) is 3.48. The average molecular weight is 266 g/mol. The van der Waals surface area contributed by atoms with Gasteiger partial charge in [0.1, 0.15) is 5.15 Å². The van der Waals surface area contributed by atoms with Crippen LogP contribution in [-0.4, -0.2) is 24.5 Å². The molecule has 0 bridgehead atoms. The molecule has 5 heteroatoms. The maximum atomic E-state index is 5.98. The summed E-state index contributed by atoms with van der Waals surface area (Å²) in [5.74, 6) is 1.83. The van der Waals surface area contributed by atoms with E-state index < -0.39 is 0 Å². The molecule has 2 nitrogen and oxygen atoms in total. The molecule has 0 atom stereocenters. The second kappa shape index (κ2) is 7.34. The lowest BCUT2D eigenvalue weighted by molar-refractivity contribution is 0.200. The van der Waals surface area contributed by atoms with Gasteiger partial charge in [-0.15, -0.1) is 0 Å². The number of hydrogen-bond donors (Lipinski definition) is 0. The minimum Gasteiger partial charge on any atom is -0.385 e. The lowest BCUT2D eigenvalue weighted by Crippen LogP contribution is -1.93. The highest BCUT2D eigenvalue weighted by molar-refractivity contribution is 7.98. The van der Waals surface area contributed by atoms with Gasteiger partial charge in [-0.25, -0.2) is 4.98 Å². The Kier molecular flexibility index (Phi) is 6.41. The van der Waals surface area contributed by atoms with Crippen molar-refractivity contribution in [3.63, 3.8) is 0 Å². The fraction of sp³-hybridized carbons (Fsp3) is 0.500. The van der Waals surface area contributed by atoms with E-state index in [4.69, 9.17) is 27.9 Å². The first-order valence-corrected chi connectivity index (χ1v) is 6.52. The molecule has 0 spiro atoms. The van der Waals surface area contributed by atoms with Crippen LogP contribution >= 0.6 is 35.0 Å². The third kappa shape index (κ3) is 5.07. The molecule has 1 aromatic rings. The minimum absolute atomic E-state index is 0.492. The molecule has 0 radical (unpaired) electrons. The van der Waals surface area contributed by atoms with Crippen LogP contribution in [0.25, 0.3) is 0 Å². The summed E-state index contributed by atoms with van der Waals surface area (Å²) in [4.78, 5) is 4.17. The number of ether oxygens (including phenoxy) is 1. The largest absolute Gasteiger partial charge is 0.385 e. The van der Waals surface area contributed by atoms with E-state index in [-0.39, 0.29) is 0 Å². The number of aromatic nitrogens is 1. The Balaban J connectivity index is 2.33. The smallest absolute Gasteiger partial charge is 0.129 e. The zero-order valence-corrected chi connectivity index (χ0v) is 10.8. The van der Waals surface area contributed by atoms with Gasteiger partial charge in [0.2, 0.25) is 0 Å². The van der Waals surface area contributed by atoms with Crippen LogP contribution in [0.2, 0.25) is 10.2 Å². The summed E-state index contributed by atoms with van der Waals surface area (Å²) in [5.41, 5.74) is 0.853. The lowest BCUT2D eigenvalue weighted by atomic mass is 10.4. The van der Waals surface area contributed by atoms with Crippen LogP contribution in [0.5, 0.6) is 0 Å². The number of hydrogen-bond acceptors (Lipinski definition) is 3. The van der Waals surface area contributed by atoms with Crippen LogP contribution in [-0.2, 0) is 10.5 Å². The van der Waals surface area contributed by atoms with E-state index in [1.165, 1.54) is 0 Å². The van der Waals surface area contributed by atoms with Gasteiger partial charge in [0, 0.05) is 19.5 Å². The molecule has 0 saturated heterocycles. The summed E-state index contributed by atoms with van der Waals surface area (Å²) in [6.07, 6.45) is 1.04. The number of nitrogens with zero attached hydrogens (tertiary/aromatic N) is 1. The number of rotatable bonds is 6. The van der Waals surface area contributed by atoms with Gasteiger partial charge in [-0.05, 0) is 24.3 Å². The first-order valence-electron chi connectivity index (χ1n) is 4.61. The molecule has 0 fully saturated rings.